The summed E-state index contributed by atoms with van der Waals surface area (Å²) in [5.41, 5.74) is 16.1. The Kier molecular flexibility index (Phi) is 7.42. The first-order valence-corrected chi connectivity index (χ1v) is 24.4. The summed E-state index contributed by atoms with van der Waals surface area (Å²) in [5, 5.41) is 0. The van der Waals surface area contributed by atoms with Crippen molar-refractivity contribution in [1.29, 1.82) is 0 Å². The first kappa shape index (κ1) is 32.8. The molecule has 1 atom stereocenters. The zero-order valence-corrected chi connectivity index (χ0v) is 39.5. The predicted molar refractivity (Wildman–Crippen MR) is 301 cm³/mol. The van der Waals surface area contributed by atoms with Crippen molar-refractivity contribution in [3.63, 3.8) is 0 Å². The molecule has 3 aliphatic rings. The Morgan fingerprint density at radius 2 is 0.653 bits per heavy atom. The lowest BCUT2D eigenvalue weighted by atomic mass is 9.70. The van der Waals surface area contributed by atoms with Crippen LogP contribution in [0.15, 0.2) is 267 Å². The van der Waals surface area contributed by atoms with Gasteiger partial charge in [0.2, 0.25) is 0 Å². The molecule has 72 heavy (non-hydrogen) atoms. The van der Waals surface area contributed by atoms with E-state index in [1.54, 1.807) is 18.2 Å². The minimum atomic E-state index is -0.904. The first-order valence-electron chi connectivity index (χ1n) is 29.4. The van der Waals surface area contributed by atoms with Gasteiger partial charge in [-0.05, 0) is 139 Å². The minimum Gasteiger partial charge on any atom is -0.310 e. The number of hydrogen-bond acceptors (Lipinski definition) is 2. The Labute approximate surface area is 436 Å². The lowest BCUT2D eigenvalue weighted by molar-refractivity contribution is 0.660. The number of nitrogens with zero attached hydrogens (tertiary/aromatic N) is 2. The number of para-hydroxylation sites is 3. The maximum absolute atomic E-state index is 9.53. The van der Waals surface area contributed by atoms with Crippen LogP contribution in [0.4, 0.5) is 34.1 Å². The Bertz CT molecular complexity index is 4320. The Morgan fingerprint density at radius 1 is 0.292 bits per heavy atom. The van der Waals surface area contributed by atoms with Gasteiger partial charge in [0, 0.05) is 45.0 Å². The van der Waals surface area contributed by atoms with E-state index in [0.29, 0.717) is 11.4 Å². The van der Waals surface area contributed by atoms with Gasteiger partial charge in [-0.3, -0.25) is 0 Å². The molecule has 11 aromatic rings. The van der Waals surface area contributed by atoms with Gasteiger partial charge in [-0.1, -0.05) is 220 Å². The zero-order chi connectivity index (χ0) is 56.7. The number of benzene rings is 11. The van der Waals surface area contributed by atoms with Gasteiger partial charge < -0.3 is 9.80 Å². The molecule has 0 saturated carbocycles. The number of anilines is 6. The molecule has 0 aromatic heterocycles. The monoisotopic (exact) mass is 928 g/mol. The van der Waals surface area contributed by atoms with Crippen LogP contribution in [0, 0.1) is 0 Å². The SMILES string of the molecule is [2H]c1c([2H])c([2H])c(-c2cccc(-c3c([2H])c([2H])c([2H])c([2H])c3[2H])c2N(c2ccc3c(c2)C(C)(C)c2ccccc2-3)c2ccc3c(c2)C2(c4ccccc4-c4ccc(N(c5ccccc5)c5ccccc5)cc42)c2ccccc2-3)c([2H])c1[2H]. The number of rotatable bonds is 8. The van der Waals surface area contributed by atoms with Crippen LogP contribution < -0.4 is 9.80 Å². The van der Waals surface area contributed by atoms with Gasteiger partial charge in [0.15, 0.2) is 0 Å². The highest BCUT2D eigenvalue weighted by Crippen LogP contribution is 2.64. The van der Waals surface area contributed by atoms with Crippen LogP contribution in [0.1, 0.15) is 60.9 Å². The van der Waals surface area contributed by atoms with Crippen LogP contribution in [0.5, 0.6) is 0 Å². The summed E-state index contributed by atoms with van der Waals surface area (Å²) in [6.45, 7) is 4.39. The molecule has 0 N–H and O–H groups in total. The predicted octanol–water partition coefficient (Wildman–Crippen LogP) is 18.6. The summed E-state index contributed by atoms with van der Waals surface area (Å²) in [6, 6.07) is 65.6. The van der Waals surface area contributed by atoms with E-state index in [0.717, 1.165) is 83.8 Å². The molecule has 1 unspecified atom stereocenters. The summed E-state index contributed by atoms with van der Waals surface area (Å²) >= 11 is 0. The van der Waals surface area contributed by atoms with E-state index >= 15 is 0 Å². The lowest BCUT2D eigenvalue weighted by Gasteiger charge is -2.34. The van der Waals surface area contributed by atoms with E-state index in [1.807, 2.05) is 65.6 Å². The van der Waals surface area contributed by atoms with Crippen LogP contribution in [-0.4, -0.2) is 0 Å². The van der Waals surface area contributed by atoms with Crippen molar-refractivity contribution in [1.82, 2.24) is 0 Å². The van der Waals surface area contributed by atoms with Crippen molar-refractivity contribution < 1.29 is 13.7 Å². The van der Waals surface area contributed by atoms with Gasteiger partial charge >= 0.3 is 0 Å². The van der Waals surface area contributed by atoms with Gasteiger partial charge in [0.1, 0.15) is 0 Å². The van der Waals surface area contributed by atoms with E-state index in [-0.39, 0.29) is 27.9 Å². The molecule has 3 aliphatic carbocycles. The molecule has 1 spiro atoms. The molecular formula is C70H50N2. The fourth-order valence-electron chi connectivity index (χ4n) is 12.2. The molecule has 340 valence electrons. The third kappa shape index (κ3) is 6.15. The molecule has 0 saturated heterocycles. The highest BCUT2D eigenvalue weighted by molar-refractivity contribution is 6.01. The van der Waals surface area contributed by atoms with Gasteiger partial charge in [-0.25, -0.2) is 0 Å². The van der Waals surface area contributed by atoms with Crippen molar-refractivity contribution in [3.8, 4) is 55.6 Å². The van der Waals surface area contributed by atoms with Crippen molar-refractivity contribution in [3.05, 3.63) is 300 Å². The minimum absolute atomic E-state index is 0.105. The van der Waals surface area contributed by atoms with E-state index in [1.165, 1.54) is 0 Å². The van der Waals surface area contributed by atoms with Crippen molar-refractivity contribution in [2.24, 2.45) is 0 Å². The van der Waals surface area contributed by atoms with Gasteiger partial charge in [0.25, 0.3) is 0 Å². The fourth-order valence-corrected chi connectivity index (χ4v) is 12.2. The Balaban J connectivity index is 1.11. The molecule has 0 radical (unpaired) electrons. The van der Waals surface area contributed by atoms with Crippen LogP contribution in [-0.2, 0) is 10.8 Å². The molecule has 14 rings (SSSR count). The molecule has 0 aliphatic heterocycles. The lowest BCUT2D eigenvalue weighted by Crippen LogP contribution is -2.26. The van der Waals surface area contributed by atoms with Gasteiger partial charge in [0.05, 0.1) is 24.8 Å². The van der Waals surface area contributed by atoms with Crippen molar-refractivity contribution in [2.45, 2.75) is 24.7 Å². The maximum atomic E-state index is 9.53. The summed E-state index contributed by atoms with van der Waals surface area (Å²) in [6.07, 6.45) is 0. The van der Waals surface area contributed by atoms with Gasteiger partial charge in [-0.15, -0.1) is 0 Å². The zero-order valence-electron chi connectivity index (χ0n) is 49.5. The third-order valence-electron chi connectivity index (χ3n) is 15.2. The maximum Gasteiger partial charge on any atom is 0.0727 e. The van der Waals surface area contributed by atoms with E-state index in [9.17, 15) is 5.48 Å². The Hall–Kier alpha value is -8.98. The molecule has 0 heterocycles. The van der Waals surface area contributed by atoms with Crippen LogP contribution in [0.2, 0.25) is 0 Å². The standard InChI is InChI=1S/C70H50N2/c1-69(2)62-35-18-15-30-56(62)59-41-39-52(44-65(59)69)72(68-54(47-22-7-3-8-23-47)33-21-34-55(68)48-24-9-4-10-25-48)53-40-43-61-58-32-17-20-37-64(58)70(67(61)46-53)63-36-19-16-31-57(63)60-42-38-51(45-66(60)70)71(49-26-11-5-12-27-49)50-28-13-6-14-29-50/h3-46H,1-2H3/i3D,4D,7D,8D,9D,10D,22D,23D,24D,25D. The van der Waals surface area contributed by atoms with Crippen LogP contribution >= 0.6 is 0 Å². The molecule has 0 bridgehead atoms. The second-order valence-corrected chi connectivity index (χ2v) is 19.2. The van der Waals surface area contributed by atoms with E-state index in [2.05, 4.69) is 146 Å². The molecule has 0 fully saturated rings. The average Bonchev–Trinajstić information content (AvgIpc) is 2.01. The second-order valence-electron chi connectivity index (χ2n) is 19.2. The van der Waals surface area contributed by atoms with Crippen molar-refractivity contribution >= 4 is 34.1 Å². The molecule has 2 nitrogen and oxygen atoms in total. The Morgan fingerprint density at radius 3 is 1.14 bits per heavy atom. The average molecular weight is 929 g/mol. The fraction of sp³-hybridized carbons (Fsp3) is 0.0571. The van der Waals surface area contributed by atoms with Gasteiger partial charge in [-0.2, -0.15) is 0 Å². The molecule has 11 aromatic carbocycles. The van der Waals surface area contributed by atoms with E-state index < -0.39 is 71.3 Å². The quantitative estimate of drug-likeness (QED) is 0.150. The highest BCUT2D eigenvalue weighted by Gasteiger charge is 2.52. The summed E-state index contributed by atoms with van der Waals surface area (Å²) in [5.74, 6) is 0. The summed E-state index contributed by atoms with van der Waals surface area (Å²) in [7, 11) is 0. The number of hydrogen-bond donors (Lipinski definition) is 0. The topological polar surface area (TPSA) is 6.48 Å². The van der Waals surface area contributed by atoms with E-state index in [4.69, 9.17) is 8.22 Å². The smallest absolute Gasteiger partial charge is 0.0727 e. The van der Waals surface area contributed by atoms with Crippen LogP contribution in [0.25, 0.3) is 55.6 Å². The molecule has 2 heteroatoms. The summed E-state index contributed by atoms with van der Waals surface area (Å²) < 4.78 is 91.4. The second kappa shape index (κ2) is 16.3. The largest absolute Gasteiger partial charge is 0.310 e. The third-order valence-corrected chi connectivity index (χ3v) is 15.2. The summed E-state index contributed by atoms with van der Waals surface area (Å²) in [4.78, 5) is 4.29. The molecular weight excluding hydrogens is 869 g/mol. The highest BCUT2D eigenvalue weighted by atomic mass is 15.2. The number of fused-ring (bicyclic) bond motifs is 13. The normalized spacial score (nSPS) is 16.9. The molecule has 0 amide bonds. The first-order chi connectivity index (χ1) is 39.6. The van der Waals surface area contributed by atoms with Crippen LogP contribution in [0.3, 0.4) is 0 Å². The van der Waals surface area contributed by atoms with Crippen molar-refractivity contribution in [2.75, 3.05) is 9.80 Å².